The first-order chi connectivity index (χ1) is 13.1. The summed E-state index contributed by atoms with van der Waals surface area (Å²) in [5, 5.41) is 9.71. The van der Waals surface area contributed by atoms with E-state index in [0.29, 0.717) is 0 Å². The maximum absolute atomic E-state index is 12.3. The molecule has 2 N–H and O–H groups in total. The molecule has 0 heterocycles. The van der Waals surface area contributed by atoms with Crippen molar-refractivity contribution >= 4 is 28.1 Å². The van der Waals surface area contributed by atoms with Gasteiger partial charge in [-0.15, -0.1) is 0 Å². The summed E-state index contributed by atoms with van der Waals surface area (Å²) < 4.78 is 5.14. The van der Waals surface area contributed by atoms with Crippen LogP contribution in [-0.2, 0) is 4.79 Å². The average molecular weight is 361 g/mol. The van der Waals surface area contributed by atoms with Gasteiger partial charge in [-0.3, -0.25) is 4.79 Å². The number of nitrogens with one attached hydrogen (secondary N) is 2. The Morgan fingerprint density at radius 1 is 1.00 bits per heavy atom. The maximum Gasteiger partial charge on any atom is 0.262 e. The normalized spacial score (nSPS) is 12.5. The molecular formula is C22H23N3O2. The third kappa shape index (κ3) is 4.64. The first-order valence-corrected chi connectivity index (χ1v) is 8.81. The molecule has 5 heteroatoms. The molecular weight excluding hydrogens is 338 g/mol. The summed E-state index contributed by atoms with van der Waals surface area (Å²) in [7, 11) is 1.63. The first-order valence-electron chi connectivity index (χ1n) is 8.81. The molecule has 27 heavy (non-hydrogen) atoms. The molecule has 3 aromatic rings. The second-order valence-electron chi connectivity index (χ2n) is 6.33. The van der Waals surface area contributed by atoms with Crippen LogP contribution < -0.4 is 15.5 Å². The number of hydrogen-bond acceptors (Lipinski definition) is 4. The summed E-state index contributed by atoms with van der Waals surface area (Å²) in [6.45, 7) is 3.66. The lowest BCUT2D eigenvalue weighted by Crippen LogP contribution is -2.35. The Morgan fingerprint density at radius 2 is 1.70 bits per heavy atom. The highest BCUT2D eigenvalue weighted by atomic mass is 16.5. The molecule has 0 aromatic heterocycles. The molecule has 0 aliphatic rings. The highest BCUT2D eigenvalue weighted by molar-refractivity contribution is 5.99. The number of hydrazone groups is 1. The molecule has 0 aliphatic carbocycles. The van der Waals surface area contributed by atoms with E-state index in [4.69, 9.17) is 4.74 Å². The molecule has 0 saturated carbocycles. The predicted molar refractivity (Wildman–Crippen MR) is 110 cm³/mol. The molecule has 0 bridgehead atoms. The van der Waals surface area contributed by atoms with Gasteiger partial charge in [-0.05, 0) is 66.6 Å². The van der Waals surface area contributed by atoms with Gasteiger partial charge in [-0.25, -0.2) is 5.43 Å². The average Bonchev–Trinajstić information content (AvgIpc) is 2.71. The number of benzene rings is 3. The number of hydrogen-bond donors (Lipinski definition) is 2. The SMILES string of the molecule is COc1ccc(C(C)=NNC(=O)C(C)Nc2ccc3ccccc3c2)cc1. The molecule has 3 rings (SSSR count). The highest BCUT2D eigenvalue weighted by Gasteiger charge is 2.12. The number of rotatable bonds is 6. The fourth-order valence-electron chi connectivity index (χ4n) is 2.73. The van der Waals surface area contributed by atoms with E-state index in [2.05, 4.69) is 21.9 Å². The van der Waals surface area contributed by atoms with Crippen molar-refractivity contribution in [2.75, 3.05) is 12.4 Å². The number of amides is 1. The topological polar surface area (TPSA) is 62.7 Å². The largest absolute Gasteiger partial charge is 0.497 e. The Hall–Kier alpha value is -3.34. The van der Waals surface area contributed by atoms with Crippen LogP contribution in [0.3, 0.4) is 0 Å². The summed E-state index contributed by atoms with van der Waals surface area (Å²) >= 11 is 0. The van der Waals surface area contributed by atoms with Crippen molar-refractivity contribution < 1.29 is 9.53 Å². The zero-order chi connectivity index (χ0) is 19.2. The van der Waals surface area contributed by atoms with Crippen molar-refractivity contribution in [2.24, 2.45) is 5.10 Å². The molecule has 0 radical (unpaired) electrons. The van der Waals surface area contributed by atoms with Crippen molar-refractivity contribution in [2.45, 2.75) is 19.9 Å². The van der Waals surface area contributed by atoms with Gasteiger partial charge in [0.05, 0.1) is 12.8 Å². The molecule has 3 aromatic carbocycles. The molecule has 1 unspecified atom stereocenters. The number of nitrogens with zero attached hydrogens (tertiary/aromatic N) is 1. The second kappa shape index (κ2) is 8.36. The van der Waals surface area contributed by atoms with Crippen molar-refractivity contribution in [3.8, 4) is 5.75 Å². The van der Waals surface area contributed by atoms with Crippen molar-refractivity contribution in [1.29, 1.82) is 0 Å². The van der Waals surface area contributed by atoms with E-state index in [-0.39, 0.29) is 5.91 Å². The zero-order valence-corrected chi connectivity index (χ0v) is 15.7. The van der Waals surface area contributed by atoms with Crippen molar-refractivity contribution in [1.82, 2.24) is 5.43 Å². The van der Waals surface area contributed by atoms with Gasteiger partial charge in [0, 0.05) is 5.69 Å². The van der Waals surface area contributed by atoms with Gasteiger partial charge in [-0.2, -0.15) is 5.10 Å². The van der Waals surface area contributed by atoms with E-state index in [1.54, 1.807) is 7.11 Å². The number of carbonyl (C=O) groups is 1. The fraction of sp³-hybridized carbons (Fsp3) is 0.182. The van der Waals surface area contributed by atoms with E-state index in [0.717, 1.165) is 28.1 Å². The molecule has 1 amide bonds. The Kier molecular flexibility index (Phi) is 5.71. The Labute approximate surface area is 159 Å². The Balaban J connectivity index is 1.62. The lowest BCUT2D eigenvalue weighted by molar-refractivity contribution is -0.121. The highest BCUT2D eigenvalue weighted by Crippen LogP contribution is 2.19. The molecule has 1 atom stereocenters. The summed E-state index contributed by atoms with van der Waals surface area (Å²) in [5.41, 5.74) is 5.17. The van der Waals surface area contributed by atoms with E-state index >= 15 is 0 Å². The molecule has 0 fully saturated rings. The van der Waals surface area contributed by atoms with E-state index in [9.17, 15) is 4.79 Å². The van der Waals surface area contributed by atoms with Gasteiger partial charge in [-0.1, -0.05) is 30.3 Å². The van der Waals surface area contributed by atoms with Crippen LogP contribution in [0.2, 0.25) is 0 Å². The van der Waals surface area contributed by atoms with Crippen LogP contribution in [-0.4, -0.2) is 24.8 Å². The van der Waals surface area contributed by atoms with Crippen molar-refractivity contribution in [3.05, 3.63) is 72.3 Å². The standard InChI is InChI=1S/C22H23N3O2/c1-15(17-9-12-21(27-3)13-10-17)24-25-22(26)16(2)23-20-11-8-18-6-4-5-7-19(18)14-20/h4-14,16,23H,1-3H3,(H,25,26). The summed E-state index contributed by atoms with van der Waals surface area (Å²) in [5.74, 6) is 0.583. The molecule has 138 valence electrons. The maximum atomic E-state index is 12.3. The van der Waals surface area contributed by atoms with Gasteiger partial charge < -0.3 is 10.1 Å². The monoisotopic (exact) mass is 361 g/mol. The van der Waals surface area contributed by atoms with Gasteiger partial charge in [0.25, 0.3) is 5.91 Å². The number of fused-ring (bicyclic) bond motifs is 1. The third-order valence-corrected chi connectivity index (χ3v) is 4.37. The minimum absolute atomic E-state index is 0.198. The molecule has 0 aliphatic heterocycles. The molecule has 5 nitrogen and oxygen atoms in total. The second-order valence-corrected chi connectivity index (χ2v) is 6.33. The van der Waals surface area contributed by atoms with Crippen LogP contribution in [0.5, 0.6) is 5.75 Å². The Bertz CT molecular complexity index is 965. The first kappa shape index (κ1) is 18.5. The van der Waals surface area contributed by atoms with Gasteiger partial charge >= 0.3 is 0 Å². The third-order valence-electron chi connectivity index (χ3n) is 4.37. The fourth-order valence-corrected chi connectivity index (χ4v) is 2.73. The predicted octanol–water partition coefficient (Wildman–Crippen LogP) is 4.19. The van der Waals surface area contributed by atoms with Crippen molar-refractivity contribution in [3.63, 3.8) is 0 Å². The summed E-state index contributed by atoms with van der Waals surface area (Å²) in [6, 6.07) is 21.3. The van der Waals surface area contributed by atoms with Crippen LogP contribution in [0.4, 0.5) is 5.69 Å². The lowest BCUT2D eigenvalue weighted by Gasteiger charge is -2.14. The number of carbonyl (C=O) groups excluding carboxylic acids is 1. The van der Waals surface area contributed by atoms with Gasteiger partial charge in [0.15, 0.2) is 0 Å². The van der Waals surface area contributed by atoms with E-state index in [1.165, 1.54) is 5.39 Å². The molecule has 0 spiro atoms. The molecule has 0 saturated heterocycles. The summed E-state index contributed by atoms with van der Waals surface area (Å²) in [4.78, 5) is 12.3. The van der Waals surface area contributed by atoms with Crippen LogP contribution in [0.15, 0.2) is 71.8 Å². The number of anilines is 1. The Morgan fingerprint density at radius 3 is 2.41 bits per heavy atom. The van der Waals surface area contributed by atoms with Gasteiger partial charge in [0.2, 0.25) is 0 Å². The van der Waals surface area contributed by atoms with E-state index < -0.39 is 6.04 Å². The zero-order valence-electron chi connectivity index (χ0n) is 15.7. The number of ether oxygens (including phenoxy) is 1. The lowest BCUT2D eigenvalue weighted by atomic mass is 10.1. The quantitative estimate of drug-likeness (QED) is 0.511. The van der Waals surface area contributed by atoms with Crippen LogP contribution in [0.25, 0.3) is 10.8 Å². The minimum Gasteiger partial charge on any atom is -0.497 e. The summed E-state index contributed by atoms with van der Waals surface area (Å²) in [6.07, 6.45) is 0. The van der Waals surface area contributed by atoms with Crippen LogP contribution in [0, 0.1) is 0 Å². The van der Waals surface area contributed by atoms with Crippen LogP contribution in [0.1, 0.15) is 19.4 Å². The van der Waals surface area contributed by atoms with Crippen LogP contribution >= 0.6 is 0 Å². The number of methoxy groups -OCH3 is 1. The van der Waals surface area contributed by atoms with E-state index in [1.807, 2.05) is 74.5 Å². The minimum atomic E-state index is -0.418. The smallest absolute Gasteiger partial charge is 0.262 e. The van der Waals surface area contributed by atoms with Gasteiger partial charge in [0.1, 0.15) is 11.8 Å².